The van der Waals surface area contributed by atoms with Crippen LogP contribution in [-0.2, 0) is 6.42 Å². The average molecular weight is 274 g/mol. The van der Waals surface area contributed by atoms with Gasteiger partial charge in [-0.2, -0.15) is 0 Å². The van der Waals surface area contributed by atoms with Crippen molar-refractivity contribution in [1.29, 1.82) is 0 Å². The summed E-state index contributed by atoms with van der Waals surface area (Å²) in [6, 6.07) is 18.5. The highest BCUT2D eigenvalue weighted by Gasteiger charge is 2.11. The smallest absolute Gasteiger partial charge is 0.0925 e. The molecule has 0 aliphatic carbocycles. The van der Waals surface area contributed by atoms with Gasteiger partial charge in [0.2, 0.25) is 0 Å². The Labute approximate surface area is 125 Å². The predicted octanol–water partition coefficient (Wildman–Crippen LogP) is 4.68. The van der Waals surface area contributed by atoms with Crippen molar-refractivity contribution in [2.45, 2.75) is 20.3 Å². The number of aromatic nitrogens is 2. The molecule has 2 heterocycles. The van der Waals surface area contributed by atoms with Crippen LogP contribution in [0.4, 0.5) is 0 Å². The zero-order chi connectivity index (χ0) is 14.7. The molecule has 0 radical (unpaired) electrons. The normalized spacial score (nSPS) is 10.6. The molecule has 0 N–H and O–H groups in total. The van der Waals surface area contributed by atoms with Gasteiger partial charge in [0.15, 0.2) is 0 Å². The molecule has 0 fully saturated rings. The molecule has 0 spiro atoms. The number of hydrogen-bond donors (Lipinski definition) is 0. The average Bonchev–Trinajstić information content (AvgIpc) is 2.56. The number of pyridine rings is 2. The number of hydrogen-bond acceptors (Lipinski definition) is 2. The summed E-state index contributed by atoms with van der Waals surface area (Å²) in [5, 5.41) is 0. The maximum Gasteiger partial charge on any atom is 0.0925 e. The molecule has 104 valence electrons. The van der Waals surface area contributed by atoms with E-state index in [1.54, 1.807) is 0 Å². The lowest BCUT2D eigenvalue weighted by atomic mass is 10.00. The van der Waals surface area contributed by atoms with E-state index < -0.39 is 0 Å². The van der Waals surface area contributed by atoms with Crippen LogP contribution in [0.25, 0.3) is 22.6 Å². The van der Waals surface area contributed by atoms with Gasteiger partial charge in [0, 0.05) is 11.8 Å². The van der Waals surface area contributed by atoms with Crippen LogP contribution in [-0.4, -0.2) is 9.97 Å². The van der Waals surface area contributed by atoms with Crippen molar-refractivity contribution in [2.24, 2.45) is 0 Å². The molecule has 0 aliphatic heterocycles. The van der Waals surface area contributed by atoms with Crippen molar-refractivity contribution in [3.8, 4) is 22.6 Å². The molecular formula is C19H18N2. The van der Waals surface area contributed by atoms with Crippen molar-refractivity contribution in [2.75, 3.05) is 0 Å². The van der Waals surface area contributed by atoms with Crippen molar-refractivity contribution in [3.05, 3.63) is 71.9 Å². The maximum atomic E-state index is 4.86. The molecule has 0 saturated carbocycles. The fourth-order valence-electron chi connectivity index (χ4n) is 2.54. The summed E-state index contributed by atoms with van der Waals surface area (Å²) in [4.78, 5) is 9.32. The molecule has 3 aromatic rings. The molecule has 21 heavy (non-hydrogen) atoms. The third-order valence-electron chi connectivity index (χ3n) is 3.74. The van der Waals surface area contributed by atoms with Gasteiger partial charge < -0.3 is 0 Å². The molecule has 0 saturated heterocycles. The first-order valence-corrected chi connectivity index (χ1v) is 7.27. The number of aryl methyl sites for hydroxylation is 1. The van der Waals surface area contributed by atoms with Gasteiger partial charge >= 0.3 is 0 Å². The van der Waals surface area contributed by atoms with Gasteiger partial charge in [-0.1, -0.05) is 43.3 Å². The third kappa shape index (κ3) is 2.70. The van der Waals surface area contributed by atoms with E-state index in [2.05, 4.69) is 37.0 Å². The lowest BCUT2D eigenvalue weighted by molar-refractivity contribution is 1.08. The lowest BCUT2D eigenvalue weighted by Gasteiger charge is -2.12. The Balaban J connectivity index is 2.21. The second kappa shape index (κ2) is 5.88. The highest BCUT2D eigenvalue weighted by Crippen LogP contribution is 2.27. The Kier molecular flexibility index (Phi) is 3.78. The number of benzene rings is 1. The highest BCUT2D eigenvalue weighted by molar-refractivity contribution is 5.68. The minimum Gasteiger partial charge on any atom is -0.255 e. The molecule has 1 aromatic carbocycles. The van der Waals surface area contributed by atoms with E-state index in [-0.39, 0.29) is 0 Å². The molecule has 2 nitrogen and oxygen atoms in total. The summed E-state index contributed by atoms with van der Waals surface area (Å²) >= 11 is 0. The van der Waals surface area contributed by atoms with Crippen LogP contribution in [0.2, 0.25) is 0 Å². The van der Waals surface area contributed by atoms with Crippen molar-refractivity contribution in [1.82, 2.24) is 9.97 Å². The van der Waals surface area contributed by atoms with Crippen LogP contribution in [0.5, 0.6) is 0 Å². The Morgan fingerprint density at radius 3 is 2.33 bits per heavy atom. The Morgan fingerprint density at radius 2 is 1.67 bits per heavy atom. The van der Waals surface area contributed by atoms with Gasteiger partial charge in [0.1, 0.15) is 0 Å². The van der Waals surface area contributed by atoms with E-state index in [0.717, 1.165) is 29.1 Å². The van der Waals surface area contributed by atoms with E-state index in [9.17, 15) is 0 Å². The number of nitrogens with zero attached hydrogens (tertiary/aromatic N) is 2. The van der Waals surface area contributed by atoms with E-state index in [4.69, 9.17) is 4.98 Å². The van der Waals surface area contributed by atoms with Crippen LogP contribution >= 0.6 is 0 Å². The first kappa shape index (κ1) is 13.5. The molecule has 0 aliphatic rings. The van der Waals surface area contributed by atoms with E-state index >= 15 is 0 Å². The van der Waals surface area contributed by atoms with Gasteiger partial charge in [-0.3, -0.25) is 4.98 Å². The molecule has 0 amide bonds. The van der Waals surface area contributed by atoms with Crippen molar-refractivity contribution in [3.63, 3.8) is 0 Å². The fraction of sp³-hybridized carbons (Fsp3) is 0.158. The molecule has 2 heteroatoms. The Bertz CT molecular complexity index is 734. The summed E-state index contributed by atoms with van der Waals surface area (Å²) in [7, 11) is 0. The van der Waals surface area contributed by atoms with E-state index in [0.29, 0.717) is 0 Å². The summed E-state index contributed by atoms with van der Waals surface area (Å²) in [6.07, 6.45) is 2.81. The minimum atomic E-state index is 0.933. The summed E-state index contributed by atoms with van der Waals surface area (Å²) in [6.45, 7) is 4.31. The Morgan fingerprint density at radius 1 is 0.905 bits per heavy atom. The summed E-state index contributed by atoms with van der Waals surface area (Å²) in [5.74, 6) is 0. The molecular weight excluding hydrogens is 256 g/mol. The minimum absolute atomic E-state index is 0.933. The molecule has 3 rings (SSSR count). The third-order valence-corrected chi connectivity index (χ3v) is 3.74. The second-order valence-electron chi connectivity index (χ2n) is 5.07. The van der Waals surface area contributed by atoms with E-state index in [1.807, 2.05) is 42.6 Å². The lowest BCUT2D eigenvalue weighted by Crippen LogP contribution is -1.98. The first-order chi connectivity index (χ1) is 10.3. The Hall–Kier alpha value is -2.48. The van der Waals surface area contributed by atoms with Crippen LogP contribution in [0, 0.1) is 6.92 Å². The topological polar surface area (TPSA) is 25.8 Å². The van der Waals surface area contributed by atoms with Crippen LogP contribution in [0.3, 0.4) is 0 Å². The molecule has 0 unspecified atom stereocenters. The summed E-state index contributed by atoms with van der Waals surface area (Å²) < 4.78 is 0. The SMILES string of the molecule is CCc1cc(-c2ccccc2)nc(-c2ccccn2)c1C. The highest BCUT2D eigenvalue weighted by atomic mass is 14.8. The number of rotatable bonds is 3. The van der Waals surface area contributed by atoms with Gasteiger partial charge in [-0.15, -0.1) is 0 Å². The predicted molar refractivity (Wildman–Crippen MR) is 87.0 cm³/mol. The fourth-order valence-corrected chi connectivity index (χ4v) is 2.54. The molecule has 2 aromatic heterocycles. The standard InChI is InChI=1S/C19H18N2/c1-3-15-13-18(16-9-5-4-6-10-16)21-19(14(15)2)17-11-7-8-12-20-17/h4-13H,3H2,1-2H3. The van der Waals surface area contributed by atoms with Gasteiger partial charge in [-0.25, -0.2) is 4.98 Å². The van der Waals surface area contributed by atoms with Crippen LogP contribution in [0.15, 0.2) is 60.8 Å². The zero-order valence-corrected chi connectivity index (χ0v) is 12.4. The van der Waals surface area contributed by atoms with Crippen molar-refractivity contribution < 1.29 is 0 Å². The first-order valence-electron chi connectivity index (χ1n) is 7.27. The largest absolute Gasteiger partial charge is 0.255 e. The quantitative estimate of drug-likeness (QED) is 0.693. The van der Waals surface area contributed by atoms with Crippen molar-refractivity contribution >= 4 is 0 Å². The van der Waals surface area contributed by atoms with Crippen LogP contribution < -0.4 is 0 Å². The van der Waals surface area contributed by atoms with Gasteiger partial charge in [0.05, 0.1) is 17.1 Å². The zero-order valence-electron chi connectivity index (χ0n) is 12.4. The molecule has 0 atom stereocenters. The van der Waals surface area contributed by atoms with Gasteiger partial charge in [0.25, 0.3) is 0 Å². The maximum absolute atomic E-state index is 4.86. The summed E-state index contributed by atoms with van der Waals surface area (Å²) in [5.41, 5.74) is 6.61. The monoisotopic (exact) mass is 274 g/mol. The van der Waals surface area contributed by atoms with E-state index in [1.165, 1.54) is 11.1 Å². The second-order valence-corrected chi connectivity index (χ2v) is 5.07. The molecule has 0 bridgehead atoms. The van der Waals surface area contributed by atoms with Gasteiger partial charge in [-0.05, 0) is 42.7 Å². The van der Waals surface area contributed by atoms with Crippen LogP contribution in [0.1, 0.15) is 18.1 Å².